The predicted molar refractivity (Wildman–Crippen MR) is 103 cm³/mol. The van der Waals surface area contributed by atoms with Gasteiger partial charge in [0.15, 0.2) is 0 Å². The van der Waals surface area contributed by atoms with Gasteiger partial charge in [-0.1, -0.05) is 18.0 Å². The van der Waals surface area contributed by atoms with Crippen LogP contribution in [0.3, 0.4) is 0 Å². The highest BCUT2D eigenvalue weighted by molar-refractivity contribution is 6.30. The molecule has 2 N–H and O–H groups in total. The predicted octanol–water partition coefficient (Wildman–Crippen LogP) is 2.95. The number of halogens is 1. The van der Waals surface area contributed by atoms with E-state index in [-0.39, 0.29) is 6.03 Å². The second kappa shape index (κ2) is 9.30. The highest BCUT2D eigenvalue weighted by atomic mass is 35.5. The molecule has 138 valence electrons. The normalized spacial score (nSPS) is 21.3. The molecule has 0 radical (unpaired) electrons. The Morgan fingerprint density at radius 1 is 1.08 bits per heavy atom. The molecule has 2 aliphatic heterocycles. The average molecular weight is 365 g/mol. The summed E-state index contributed by atoms with van der Waals surface area (Å²) >= 11 is 5.95. The van der Waals surface area contributed by atoms with E-state index in [1.54, 1.807) is 0 Å². The third-order valence-electron chi connectivity index (χ3n) is 5.19. The number of piperidine rings is 1. The first-order chi connectivity index (χ1) is 12.2. The van der Waals surface area contributed by atoms with Crippen LogP contribution in [0.1, 0.15) is 25.7 Å². The number of nitrogens with zero attached hydrogens (tertiary/aromatic N) is 2. The highest BCUT2D eigenvalue weighted by Crippen LogP contribution is 2.24. The van der Waals surface area contributed by atoms with Crippen LogP contribution in [-0.4, -0.2) is 56.7 Å². The number of hydrogen-bond acceptors (Lipinski definition) is 3. The largest absolute Gasteiger partial charge is 0.371 e. The Hall–Kier alpha value is -1.46. The summed E-state index contributed by atoms with van der Waals surface area (Å²) in [5.41, 5.74) is 1.21. The van der Waals surface area contributed by atoms with Crippen molar-refractivity contribution >= 4 is 23.3 Å². The molecule has 0 aliphatic carbocycles. The molecule has 1 aromatic rings. The molecule has 2 saturated heterocycles. The zero-order valence-electron chi connectivity index (χ0n) is 14.8. The molecular formula is C19H29ClN4O. The van der Waals surface area contributed by atoms with Gasteiger partial charge >= 0.3 is 6.03 Å². The minimum atomic E-state index is -0.0399. The van der Waals surface area contributed by atoms with Crippen LogP contribution in [0.25, 0.3) is 0 Å². The molecule has 0 bridgehead atoms. The number of rotatable bonds is 6. The molecular weight excluding hydrogens is 336 g/mol. The van der Waals surface area contributed by atoms with Crippen LogP contribution in [0.2, 0.25) is 5.02 Å². The topological polar surface area (TPSA) is 47.6 Å². The standard InChI is InChI=1S/C19H29ClN4O/c20-17-4-6-18(7-5-17)24-12-8-16(15-24)14-22-19(25)21-9-13-23-10-2-1-3-11-23/h4-7,16H,1-3,8-15H2,(H2,21,22,25). The Labute approximate surface area is 155 Å². The van der Waals surface area contributed by atoms with Gasteiger partial charge in [0.25, 0.3) is 0 Å². The van der Waals surface area contributed by atoms with Crippen molar-refractivity contribution in [3.63, 3.8) is 0 Å². The lowest BCUT2D eigenvalue weighted by molar-refractivity contribution is 0.220. The third-order valence-corrected chi connectivity index (χ3v) is 5.44. The number of benzene rings is 1. The van der Waals surface area contributed by atoms with E-state index < -0.39 is 0 Å². The van der Waals surface area contributed by atoms with Crippen molar-refractivity contribution < 1.29 is 4.79 Å². The Balaban J connectivity index is 1.30. The maximum absolute atomic E-state index is 12.0. The van der Waals surface area contributed by atoms with Crippen molar-refractivity contribution in [2.24, 2.45) is 5.92 Å². The van der Waals surface area contributed by atoms with Crippen molar-refractivity contribution in [2.45, 2.75) is 25.7 Å². The van der Waals surface area contributed by atoms with Gasteiger partial charge < -0.3 is 20.4 Å². The zero-order valence-corrected chi connectivity index (χ0v) is 15.6. The minimum absolute atomic E-state index is 0.0399. The van der Waals surface area contributed by atoms with Crippen LogP contribution in [0.4, 0.5) is 10.5 Å². The maximum Gasteiger partial charge on any atom is 0.314 e. The van der Waals surface area contributed by atoms with Crippen LogP contribution in [0.5, 0.6) is 0 Å². The molecule has 1 atom stereocenters. The maximum atomic E-state index is 12.0. The Bertz CT molecular complexity index is 545. The van der Waals surface area contributed by atoms with Crippen LogP contribution in [0.15, 0.2) is 24.3 Å². The summed E-state index contributed by atoms with van der Waals surface area (Å²) < 4.78 is 0. The van der Waals surface area contributed by atoms with E-state index >= 15 is 0 Å². The van der Waals surface area contributed by atoms with Crippen molar-refractivity contribution in [3.05, 3.63) is 29.3 Å². The van der Waals surface area contributed by atoms with Gasteiger partial charge in [0.1, 0.15) is 0 Å². The highest BCUT2D eigenvalue weighted by Gasteiger charge is 2.23. The Morgan fingerprint density at radius 2 is 1.84 bits per heavy atom. The summed E-state index contributed by atoms with van der Waals surface area (Å²) in [5.74, 6) is 0.503. The van der Waals surface area contributed by atoms with Crippen LogP contribution in [-0.2, 0) is 0 Å². The fourth-order valence-corrected chi connectivity index (χ4v) is 3.82. The number of likely N-dealkylation sites (tertiary alicyclic amines) is 1. The number of hydrogen-bond donors (Lipinski definition) is 2. The van der Waals surface area contributed by atoms with Gasteiger partial charge in [-0.05, 0) is 62.5 Å². The summed E-state index contributed by atoms with van der Waals surface area (Å²) in [7, 11) is 0. The molecule has 1 aromatic carbocycles. The van der Waals surface area contributed by atoms with E-state index in [1.807, 2.05) is 12.1 Å². The zero-order chi connectivity index (χ0) is 17.5. The first-order valence-corrected chi connectivity index (χ1v) is 9.83. The molecule has 2 heterocycles. The number of anilines is 1. The van der Waals surface area contributed by atoms with Crippen LogP contribution in [0, 0.1) is 5.92 Å². The molecule has 3 rings (SSSR count). The Morgan fingerprint density at radius 3 is 2.60 bits per heavy atom. The molecule has 5 nitrogen and oxygen atoms in total. The Kier molecular flexibility index (Phi) is 6.82. The lowest BCUT2D eigenvalue weighted by Gasteiger charge is -2.26. The van der Waals surface area contributed by atoms with E-state index in [9.17, 15) is 4.79 Å². The smallest absolute Gasteiger partial charge is 0.314 e. The van der Waals surface area contributed by atoms with Gasteiger partial charge in [0, 0.05) is 43.4 Å². The molecule has 2 amide bonds. The SMILES string of the molecule is O=C(NCCN1CCCCC1)NCC1CCN(c2ccc(Cl)cc2)C1. The molecule has 6 heteroatoms. The van der Waals surface area contributed by atoms with E-state index in [2.05, 4.69) is 32.6 Å². The van der Waals surface area contributed by atoms with E-state index in [1.165, 1.54) is 38.0 Å². The molecule has 0 spiro atoms. The van der Waals surface area contributed by atoms with Gasteiger partial charge in [-0.25, -0.2) is 4.79 Å². The number of urea groups is 1. The van der Waals surface area contributed by atoms with Crippen molar-refractivity contribution in [3.8, 4) is 0 Å². The van der Waals surface area contributed by atoms with Crippen molar-refractivity contribution in [2.75, 3.05) is 50.7 Å². The second-order valence-corrected chi connectivity index (χ2v) is 7.55. The summed E-state index contributed by atoms with van der Waals surface area (Å²) in [6, 6.07) is 7.94. The number of nitrogens with one attached hydrogen (secondary N) is 2. The summed E-state index contributed by atoms with van der Waals surface area (Å²) in [6.45, 7) is 6.78. The number of carbonyl (C=O) groups is 1. The monoisotopic (exact) mass is 364 g/mol. The van der Waals surface area contributed by atoms with Crippen molar-refractivity contribution in [1.82, 2.24) is 15.5 Å². The lowest BCUT2D eigenvalue weighted by atomic mass is 10.1. The first-order valence-electron chi connectivity index (χ1n) is 9.45. The molecule has 0 aromatic heterocycles. The van der Waals surface area contributed by atoms with Gasteiger partial charge in [-0.15, -0.1) is 0 Å². The van der Waals surface area contributed by atoms with Gasteiger partial charge in [0.2, 0.25) is 0 Å². The third kappa shape index (κ3) is 5.79. The van der Waals surface area contributed by atoms with E-state index in [4.69, 9.17) is 11.6 Å². The average Bonchev–Trinajstić information content (AvgIpc) is 3.10. The van der Waals surface area contributed by atoms with Gasteiger partial charge in [0.05, 0.1) is 0 Å². The number of carbonyl (C=O) groups excluding carboxylic acids is 1. The van der Waals surface area contributed by atoms with Crippen LogP contribution < -0.4 is 15.5 Å². The molecule has 2 fully saturated rings. The van der Waals surface area contributed by atoms with E-state index in [0.29, 0.717) is 5.92 Å². The van der Waals surface area contributed by atoms with Gasteiger partial charge in [-0.2, -0.15) is 0 Å². The van der Waals surface area contributed by atoms with Gasteiger partial charge in [-0.3, -0.25) is 0 Å². The summed E-state index contributed by atoms with van der Waals surface area (Å²) in [6.07, 6.45) is 5.03. The fourth-order valence-electron chi connectivity index (χ4n) is 3.70. The quantitative estimate of drug-likeness (QED) is 0.815. The molecule has 2 aliphatic rings. The summed E-state index contributed by atoms with van der Waals surface area (Å²) in [5, 5.41) is 6.78. The van der Waals surface area contributed by atoms with Crippen LogP contribution >= 0.6 is 11.6 Å². The lowest BCUT2D eigenvalue weighted by Crippen LogP contribution is -2.43. The second-order valence-electron chi connectivity index (χ2n) is 7.12. The fraction of sp³-hybridized carbons (Fsp3) is 0.632. The minimum Gasteiger partial charge on any atom is -0.371 e. The van der Waals surface area contributed by atoms with Crippen molar-refractivity contribution in [1.29, 1.82) is 0 Å². The molecule has 0 saturated carbocycles. The van der Waals surface area contributed by atoms with E-state index in [0.717, 1.165) is 44.2 Å². The number of amides is 2. The first kappa shape index (κ1) is 18.3. The summed E-state index contributed by atoms with van der Waals surface area (Å²) in [4.78, 5) is 16.8. The molecule has 25 heavy (non-hydrogen) atoms. The molecule has 1 unspecified atom stereocenters.